The van der Waals surface area contributed by atoms with E-state index >= 15 is 0 Å². The smallest absolute Gasteiger partial charge is 0.407 e. The first kappa shape index (κ1) is 24.8. The summed E-state index contributed by atoms with van der Waals surface area (Å²) in [6, 6.07) is 16.1. The fourth-order valence-electron chi connectivity index (χ4n) is 5.38. The highest BCUT2D eigenvalue weighted by molar-refractivity contribution is 5.81. The molecule has 2 aliphatic carbocycles. The molecule has 0 aliphatic heterocycles. The maximum Gasteiger partial charge on any atom is 0.407 e. The summed E-state index contributed by atoms with van der Waals surface area (Å²) in [5.41, 5.74) is 4.68. The molecule has 2 aromatic rings. The number of rotatable bonds is 9. The van der Waals surface area contributed by atoms with E-state index < -0.39 is 12.1 Å². The topological polar surface area (TPSA) is 105 Å². The number of fused-ring (bicyclic) bond motifs is 3. The van der Waals surface area contributed by atoms with Gasteiger partial charge in [-0.2, -0.15) is 0 Å². The van der Waals surface area contributed by atoms with Gasteiger partial charge in [0.1, 0.15) is 6.61 Å². The molecule has 1 saturated carbocycles. The van der Waals surface area contributed by atoms with Crippen molar-refractivity contribution in [3.63, 3.8) is 0 Å². The number of carboxylic acid groups (broad SMARTS) is 1. The Bertz CT molecular complexity index is 1020. The minimum atomic E-state index is -0.830. The molecule has 0 heterocycles. The zero-order valence-corrected chi connectivity index (χ0v) is 20.2. The van der Waals surface area contributed by atoms with Gasteiger partial charge in [0.15, 0.2) is 0 Å². The zero-order valence-electron chi connectivity index (χ0n) is 20.2. The average molecular weight is 479 g/mol. The van der Waals surface area contributed by atoms with E-state index in [9.17, 15) is 14.4 Å². The Morgan fingerprint density at radius 1 is 1.00 bits per heavy atom. The van der Waals surface area contributed by atoms with Gasteiger partial charge in [0.05, 0.1) is 5.92 Å². The molecular weight excluding hydrogens is 444 g/mol. The van der Waals surface area contributed by atoms with Crippen LogP contribution in [0.4, 0.5) is 4.79 Å². The number of carbonyl (C=O) groups is 3. The Hall–Kier alpha value is -3.35. The Morgan fingerprint density at radius 2 is 1.63 bits per heavy atom. The molecule has 7 heteroatoms. The highest BCUT2D eigenvalue weighted by Crippen LogP contribution is 2.44. The van der Waals surface area contributed by atoms with Crippen molar-refractivity contribution in [1.82, 2.24) is 10.6 Å². The molecule has 2 aromatic carbocycles. The summed E-state index contributed by atoms with van der Waals surface area (Å²) in [6.45, 7) is 2.54. The fourth-order valence-corrected chi connectivity index (χ4v) is 5.38. The van der Waals surface area contributed by atoms with Crippen LogP contribution in [0.1, 0.15) is 62.5 Å². The maximum atomic E-state index is 12.8. The summed E-state index contributed by atoms with van der Waals surface area (Å²) in [6.07, 6.45) is 3.54. The molecule has 1 unspecified atom stereocenters. The van der Waals surface area contributed by atoms with E-state index in [0.29, 0.717) is 19.4 Å². The van der Waals surface area contributed by atoms with E-state index in [4.69, 9.17) is 9.84 Å². The van der Waals surface area contributed by atoms with Gasteiger partial charge in [-0.3, -0.25) is 9.59 Å². The van der Waals surface area contributed by atoms with E-state index in [-0.39, 0.29) is 42.7 Å². The van der Waals surface area contributed by atoms with Crippen LogP contribution < -0.4 is 10.6 Å². The lowest BCUT2D eigenvalue weighted by Gasteiger charge is -2.31. The van der Waals surface area contributed by atoms with Crippen LogP contribution in [0.15, 0.2) is 48.5 Å². The Morgan fingerprint density at radius 3 is 2.29 bits per heavy atom. The molecule has 3 atom stereocenters. The van der Waals surface area contributed by atoms with Gasteiger partial charge in [-0.05, 0) is 47.4 Å². The van der Waals surface area contributed by atoms with E-state index in [2.05, 4.69) is 34.9 Å². The molecule has 0 radical (unpaired) electrons. The van der Waals surface area contributed by atoms with Crippen LogP contribution in [0, 0.1) is 11.8 Å². The standard InChI is InChI=1S/C28H34N2O5/c1-18(16-26(31)32)14-15-29-27(33)23-12-6-7-13-25(23)30-28(34)35-17-24-21-10-4-2-8-19(21)20-9-3-5-11-22(20)24/h2-5,8-11,18,23-25H,6-7,12-17H2,1H3,(H,29,33)(H,30,34)(H,31,32)/t18?,23-,25+/m1/s1. The molecule has 2 aliphatic rings. The molecule has 4 rings (SSSR count). The number of alkyl carbamates (subject to hydrolysis) is 1. The molecule has 0 aromatic heterocycles. The molecule has 186 valence electrons. The number of carboxylic acids is 1. The maximum absolute atomic E-state index is 12.8. The third-order valence-electron chi connectivity index (χ3n) is 7.21. The SMILES string of the molecule is CC(CCNC(=O)[C@@H]1CCCC[C@@H]1NC(=O)OCC1c2ccccc2-c2ccccc21)CC(=O)O. The molecular formula is C28H34N2O5. The third-order valence-corrected chi connectivity index (χ3v) is 7.21. The number of benzene rings is 2. The van der Waals surface area contributed by atoms with Crippen molar-refractivity contribution in [2.45, 2.75) is 57.4 Å². The molecule has 35 heavy (non-hydrogen) atoms. The van der Waals surface area contributed by atoms with Crippen molar-refractivity contribution in [3.05, 3.63) is 59.7 Å². The highest BCUT2D eigenvalue weighted by atomic mass is 16.5. The minimum Gasteiger partial charge on any atom is -0.481 e. The van der Waals surface area contributed by atoms with Crippen LogP contribution in [0.3, 0.4) is 0 Å². The van der Waals surface area contributed by atoms with Crippen LogP contribution in [-0.2, 0) is 14.3 Å². The minimum absolute atomic E-state index is 0.00564. The lowest BCUT2D eigenvalue weighted by Crippen LogP contribution is -2.48. The van der Waals surface area contributed by atoms with E-state index in [0.717, 1.165) is 30.4 Å². The van der Waals surface area contributed by atoms with Crippen molar-refractivity contribution in [1.29, 1.82) is 0 Å². The first-order valence-electron chi connectivity index (χ1n) is 12.5. The van der Waals surface area contributed by atoms with Gasteiger partial charge in [0.25, 0.3) is 0 Å². The summed E-state index contributed by atoms with van der Waals surface area (Å²) in [5, 5.41) is 14.8. The van der Waals surface area contributed by atoms with Crippen LogP contribution in [-0.4, -0.2) is 42.3 Å². The van der Waals surface area contributed by atoms with Crippen LogP contribution in [0.2, 0.25) is 0 Å². The predicted octanol–water partition coefficient (Wildman–Crippen LogP) is 4.70. The van der Waals surface area contributed by atoms with E-state index in [1.807, 2.05) is 31.2 Å². The summed E-state index contributed by atoms with van der Waals surface area (Å²) >= 11 is 0. The number of nitrogens with one attached hydrogen (secondary N) is 2. The second-order valence-electron chi connectivity index (χ2n) is 9.75. The van der Waals surface area contributed by atoms with Gasteiger partial charge < -0.3 is 20.5 Å². The first-order valence-corrected chi connectivity index (χ1v) is 12.5. The van der Waals surface area contributed by atoms with Crippen LogP contribution in [0.25, 0.3) is 11.1 Å². The summed E-state index contributed by atoms with van der Waals surface area (Å²) < 4.78 is 5.68. The number of ether oxygens (including phenoxy) is 1. The fraction of sp³-hybridized carbons (Fsp3) is 0.464. The van der Waals surface area contributed by atoms with E-state index in [1.165, 1.54) is 11.1 Å². The van der Waals surface area contributed by atoms with Crippen molar-refractivity contribution >= 4 is 18.0 Å². The molecule has 3 N–H and O–H groups in total. The Labute approximate surface area is 206 Å². The molecule has 0 spiro atoms. The molecule has 0 saturated heterocycles. The van der Waals surface area contributed by atoms with Gasteiger partial charge in [0.2, 0.25) is 5.91 Å². The quantitative estimate of drug-likeness (QED) is 0.485. The van der Waals surface area contributed by atoms with Crippen LogP contribution in [0.5, 0.6) is 0 Å². The monoisotopic (exact) mass is 478 g/mol. The first-order chi connectivity index (χ1) is 16.9. The Kier molecular flexibility index (Phi) is 8.06. The third kappa shape index (κ3) is 6.02. The molecule has 1 fully saturated rings. The second kappa shape index (κ2) is 11.4. The lowest BCUT2D eigenvalue weighted by molar-refractivity contribution is -0.138. The molecule has 2 amide bonds. The molecule has 0 bridgehead atoms. The van der Waals surface area contributed by atoms with Gasteiger partial charge >= 0.3 is 12.1 Å². The molecule has 7 nitrogen and oxygen atoms in total. The summed E-state index contributed by atoms with van der Waals surface area (Å²) in [5.74, 6) is -1.24. The summed E-state index contributed by atoms with van der Waals surface area (Å²) in [7, 11) is 0. The van der Waals surface area contributed by atoms with Gasteiger partial charge in [-0.25, -0.2) is 4.79 Å². The number of aliphatic carboxylic acids is 1. The van der Waals surface area contributed by atoms with Crippen molar-refractivity contribution < 1.29 is 24.2 Å². The van der Waals surface area contributed by atoms with Crippen molar-refractivity contribution in [3.8, 4) is 11.1 Å². The average Bonchev–Trinajstić information content (AvgIpc) is 3.16. The normalized spacial score (nSPS) is 19.8. The number of hydrogen-bond acceptors (Lipinski definition) is 4. The van der Waals surface area contributed by atoms with E-state index in [1.54, 1.807) is 0 Å². The predicted molar refractivity (Wildman–Crippen MR) is 133 cm³/mol. The largest absolute Gasteiger partial charge is 0.481 e. The Balaban J connectivity index is 1.31. The van der Waals surface area contributed by atoms with Gasteiger partial charge in [0, 0.05) is 24.9 Å². The second-order valence-corrected chi connectivity index (χ2v) is 9.75. The highest BCUT2D eigenvalue weighted by Gasteiger charge is 2.33. The van der Waals surface area contributed by atoms with Crippen molar-refractivity contribution in [2.24, 2.45) is 11.8 Å². The number of hydrogen-bond donors (Lipinski definition) is 3. The summed E-state index contributed by atoms with van der Waals surface area (Å²) in [4.78, 5) is 36.4. The number of amides is 2. The lowest BCUT2D eigenvalue weighted by atomic mass is 9.84. The van der Waals surface area contributed by atoms with Gasteiger partial charge in [-0.15, -0.1) is 0 Å². The van der Waals surface area contributed by atoms with Crippen LogP contribution >= 0.6 is 0 Å². The zero-order chi connectivity index (χ0) is 24.8. The number of carbonyl (C=O) groups excluding carboxylic acids is 2. The van der Waals surface area contributed by atoms with Crippen molar-refractivity contribution in [2.75, 3.05) is 13.2 Å². The van der Waals surface area contributed by atoms with Gasteiger partial charge in [-0.1, -0.05) is 68.3 Å².